The topological polar surface area (TPSA) is 12.9 Å². The normalized spacial score (nSPS) is 11.9. The summed E-state index contributed by atoms with van der Waals surface area (Å²) in [4.78, 5) is 4.94. The molecule has 0 spiro atoms. The minimum Gasteiger partial charge on any atom is -0.236 e. The van der Waals surface area contributed by atoms with Gasteiger partial charge in [-0.25, -0.2) is 4.98 Å². The van der Waals surface area contributed by atoms with E-state index in [0.29, 0.717) is 0 Å². The second-order valence-electron chi connectivity index (χ2n) is 6.62. The van der Waals surface area contributed by atoms with Crippen molar-refractivity contribution in [1.82, 2.24) is 4.98 Å². The van der Waals surface area contributed by atoms with E-state index in [-0.39, 0.29) is 0 Å². The molecule has 4 heteroatoms. The molecule has 0 unspecified atom stereocenters. The summed E-state index contributed by atoms with van der Waals surface area (Å²) < 4.78 is 3.63. The molecule has 0 saturated heterocycles. The molecule has 0 fully saturated rings. The standard InChI is InChI=1S/C23H12ClNS2/c24-18-7-3-6-16-17-11-19-21(12-20(17)26-22(16)18)27-23(25-19)15-9-8-13-4-1-2-5-14(13)10-15/h1-12H. The Morgan fingerprint density at radius 3 is 2.52 bits per heavy atom. The van der Waals surface area contributed by atoms with Gasteiger partial charge in [-0.2, -0.15) is 0 Å². The molecule has 1 nitrogen and oxygen atoms in total. The van der Waals surface area contributed by atoms with Crippen molar-refractivity contribution >= 4 is 75.4 Å². The third-order valence-electron chi connectivity index (χ3n) is 4.96. The molecule has 6 aromatic rings. The Labute approximate surface area is 168 Å². The monoisotopic (exact) mass is 401 g/mol. The number of halogens is 1. The quantitative estimate of drug-likeness (QED) is 0.271. The SMILES string of the molecule is Clc1cccc2c1sc1cc3sc(-c4ccc5ccccc5c4)nc3cc12. The average molecular weight is 402 g/mol. The summed E-state index contributed by atoms with van der Waals surface area (Å²) in [5.74, 6) is 0. The fraction of sp³-hybridized carbons (Fsp3) is 0. The molecule has 0 N–H and O–H groups in total. The smallest absolute Gasteiger partial charge is 0.124 e. The van der Waals surface area contributed by atoms with E-state index in [4.69, 9.17) is 16.6 Å². The Hall–Kier alpha value is -2.46. The molecule has 128 valence electrons. The van der Waals surface area contributed by atoms with Gasteiger partial charge >= 0.3 is 0 Å². The lowest BCUT2D eigenvalue weighted by molar-refractivity contribution is 1.49. The molecule has 0 aliphatic heterocycles. The van der Waals surface area contributed by atoms with Crippen LogP contribution in [0.2, 0.25) is 5.02 Å². The van der Waals surface area contributed by atoms with Crippen molar-refractivity contribution in [3.8, 4) is 10.6 Å². The number of fused-ring (bicyclic) bond motifs is 5. The third-order valence-corrected chi connectivity index (χ3v) is 7.65. The van der Waals surface area contributed by atoms with E-state index in [0.717, 1.165) is 20.2 Å². The summed E-state index contributed by atoms with van der Waals surface area (Å²) in [5.41, 5.74) is 2.22. The van der Waals surface area contributed by atoms with Crippen molar-refractivity contribution in [3.63, 3.8) is 0 Å². The summed E-state index contributed by atoms with van der Waals surface area (Å²) in [6.07, 6.45) is 0. The summed E-state index contributed by atoms with van der Waals surface area (Å²) in [6.45, 7) is 0. The van der Waals surface area contributed by atoms with Gasteiger partial charge in [-0.3, -0.25) is 0 Å². The van der Waals surface area contributed by atoms with E-state index in [2.05, 4.69) is 60.7 Å². The Morgan fingerprint density at radius 2 is 1.59 bits per heavy atom. The van der Waals surface area contributed by atoms with Crippen LogP contribution in [0.3, 0.4) is 0 Å². The maximum Gasteiger partial charge on any atom is 0.124 e. The second-order valence-corrected chi connectivity index (χ2v) is 9.11. The van der Waals surface area contributed by atoms with Gasteiger partial charge in [0.25, 0.3) is 0 Å². The van der Waals surface area contributed by atoms with Crippen LogP contribution in [0.5, 0.6) is 0 Å². The van der Waals surface area contributed by atoms with Crippen molar-refractivity contribution in [1.29, 1.82) is 0 Å². The highest BCUT2D eigenvalue weighted by molar-refractivity contribution is 7.27. The van der Waals surface area contributed by atoms with Crippen LogP contribution in [0.1, 0.15) is 0 Å². The zero-order valence-electron chi connectivity index (χ0n) is 14.1. The predicted octanol–water partition coefficient (Wildman–Crippen LogP) is 8.14. The van der Waals surface area contributed by atoms with Crippen LogP contribution in [0.15, 0.2) is 72.8 Å². The van der Waals surface area contributed by atoms with Crippen LogP contribution in [0, 0.1) is 0 Å². The van der Waals surface area contributed by atoms with Gasteiger partial charge < -0.3 is 0 Å². The van der Waals surface area contributed by atoms with Gasteiger partial charge in [0.2, 0.25) is 0 Å². The molecule has 0 amide bonds. The largest absolute Gasteiger partial charge is 0.236 e. The van der Waals surface area contributed by atoms with Gasteiger partial charge in [-0.1, -0.05) is 60.1 Å². The Kier molecular flexibility index (Phi) is 3.33. The molecular weight excluding hydrogens is 390 g/mol. The van der Waals surface area contributed by atoms with Gasteiger partial charge in [0.05, 0.1) is 19.9 Å². The number of rotatable bonds is 1. The Balaban J connectivity index is 1.58. The molecule has 0 aliphatic carbocycles. The van der Waals surface area contributed by atoms with Gasteiger partial charge in [-0.05, 0) is 35.0 Å². The number of aromatic nitrogens is 1. The minimum atomic E-state index is 0.821. The van der Waals surface area contributed by atoms with E-state index in [1.807, 2.05) is 12.1 Å². The zero-order chi connectivity index (χ0) is 18.0. The van der Waals surface area contributed by atoms with Gasteiger partial charge in [0.1, 0.15) is 5.01 Å². The number of benzene rings is 4. The van der Waals surface area contributed by atoms with E-state index in [9.17, 15) is 0 Å². The highest BCUT2D eigenvalue weighted by Crippen LogP contribution is 2.41. The van der Waals surface area contributed by atoms with Crippen LogP contribution in [-0.4, -0.2) is 4.98 Å². The van der Waals surface area contributed by atoms with Crippen LogP contribution in [-0.2, 0) is 0 Å². The number of hydrogen-bond acceptors (Lipinski definition) is 3. The van der Waals surface area contributed by atoms with Crippen LogP contribution < -0.4 is 0 Å². The summed E-state index contributed by atoms with van der Waals surface area (Å²) >= 11 is 9.89. The summed E-state index contributed by atoms with van der Waals surface area (Å²) in [6, 6.07) is 25.6. The maximum absolute atomic E-state index is 6.38. The predicted molar refractivity (Wildman–Crippen MR) is 120 cm³/mol. The van der Waals surface area contributed by atoms with Crippen molar-refractivity contribution in [2.24, 2.45) is 0 Å². The number of hydrogen-bond donors (Lipinski definition) is 0. The van der Waals surface area contributed by atoms with Gasteiger partial charge in [0, 0.05) is 21.0 Å². The fourth-order valence-electron chi connectivity index (χ4n) is 3.63. The van der Waals surface area contributed by atoms with Crippen molar-refractivity contribution in [3.05, 3.63) is 77.8 Å². The molecule has 0 aliphatic rings. The Bertz CT molecular complexity index is 1490. The molecule has 0 bridgehead atoms. The molecule has 0 radical (unpaired) electrons. The first kappa shape index (κ1) is 15.6. The lowest BCUT2D eigenvalue weighted by Gasteiger charge is -2.00. The summed E-state index contributed by atoms with van der Waals surface area (Å²) in [5, 5.41) is 6.84. The molecule has 27 heavy (non-hydrogen) atoms. The lowest BCUT2D eigenvalue weighted by Crippen LogP contribution is -1.77. The van der Waals surface area contributed by atoms with Crippen LogP contribution in [0.4, 0.5) is 0 Å². The maximum atomic E-state index is 6.38. The molecule has 4 aromatic carbocycles. The first-order valence-corrected chi connectivity index (χ1v) is 10.7. The van der Waals surface area contributed by atoms with Gasteiger partial charge in [0.15, 0.2) is 0 Å². The highest BCUT2D eigenvalue weighted by atomic mass is 35.5. The molecular formula is C23H12ClNS2. The second kappa shape index (κ2) is 5.77. The van der Waals surface area contributed by atoms with E-state index in [1.165, 1.54) is 36.5 Å². The van der Waals surface area contributed by atoms with E-state index < -0.39 is 0 Å². The van der Waals surface area contributed by atoms with E-state index in [1.54, 1.807) is 22.7 Å². The minimum absolute atomic E-state index is 0.821. The first-order valence-electron chi connectivity index (χ1n) is 8.67. The summed E-state index contributed by atoms with van der Waals surface area (Å²) in [7, 11) is 0. The lowest BCUT2D eigenvalue weighted by atomic mass is 10.1. The molecule has 0 atom stereocenters. The third kappa shape index (κ3) is 2.39. The molecule has 0 saturated carbocycles. The van der Waals surface area contributed by atoms with Crippen molar-refractivity contribution in [2.75, 3.05) is 0 Å². The molecule has 2 heterocycles. The number of thiazole rings is 1. The molecule has 2 aromatic heterocycles. The molecule has 6 rings (SSSR count). The van der Waals surface area contributed by atoms with Crippen molar-refractivity contribution in [2.45, 2.75) is 0 Å². The first-order chi connectivity index (χ1) is 13.3. The van der Waals surface area contributed by atoms with Crippen molar-refractivity contribution < 1.29 is 0 Å². The van der Waals surface area contributed by atoms with Gasteiger partial charge in [-0.15, -0.1) is 22.7 Å². The van der Waals surface area contributed by atoms with Crippen LogP contribution in [0.25, 0.3) is 51.7 Å². The highest BCUT2D eigenvalue weighted by Gasteiger charge is 2.12. The number of thiophene rings is 1. The Morgan fingerprint density at radius 1 is 0.704 bits per heavy atom. The zero-order valence-corrected chi connectivity index (χ0v) is 16.5. The van der Waals surface area contributed by atoms with E-state index >= 15 is 0 Å². The van der Waals surface area contributed by atoms with Crippen LogP contribution >= 0.6 is 34.3 Å². The number of nitrogens with zero attached hydrogens (tertiary/aromatic N) is 1. The fourth-order valence-corrected chi connectivity index (χ4v) is 6.11. The average Bonchev–Trinajstić information content (AvgIpc) is 3.27.